The lowest BCUT2D eigenvalue weighted by molar-refractivity contribution is -0.131. The Morgan fingerprint density at radius 1 is 1.33 bits per heavy atom. The fraction of sp³-hybridized carbons (Fsp3) is 0.385. The molecule has 1 atom stereocenters. The molecule has 2 aliphatic rings. The lowest BCUT2D eigenvalue weighted by atomic mass is 9.95. The van der Waals surface area contributed by atoms with E-state index in [1.54, 1.807) is 0 Å². The molecule has 0 spiro atoms. The van der Waals surface area contributed by atoms with Gasteiger partial charge in [0.2, 0.25) is 5.91 Å². The van der Waals surface area contributed by atoms with Crippen LogP contribution in [0.5, 0.6) is 0 Å². The maximum absolute atomic E-state index is 12.4. The lowest BCUT2D eigenvalue weighted by Gasteiger charge is -2.48. The second kappa shape index (κ2) is 3.48. The Kier molecular flexibility index (Phi) is 2.14. The third-order valence-corrected chi connectivity index (χ3v) is 3.58. The summed E-state index contributed by atoms with van der Waals surface area (Å²) < 4.78 is 0. The van der Waals surface area contributed by atoms with E-state index in [0.29, 0.717) is 18.4 Å². The van der Waals surface area contributed by atoms with E-state index in [0.717, 1.165) is 11.3 Å². The van der Waals surface area contributed by atoms with E-state index in [1.165, 1.54) is 5.01 Å². The van der Waals surface area contributed by atoms with Crippen LogP contribution in [0.25, 0.3) is 0 Å². The number of fused-ring (bicyclic) bond motifs is 2. The second-order valence-corrected chi connectivity index (χ2v) is 5.12. The Hall–Kier alpha value is -2.04. The minimum atomic E-state index is -0.534. The SMILES string of the molecule is Cc1ccc2c(c1)C(=O)N1NC(=O)CCC1(C)N2. The molecule has 0 saturated carbocycles. The van der Waals surface area contributed by atoms with Crippen molar-refractivity contribution in [1.82, 2.24) is 10.4 Å². The van der Waals surface area contributed by atoms with Crippen molar-refractivity contribution in [2.75, 3.05) is 5.32 Å². The van der Waals surface area contributed by atoms with Crippen LogP contribution in [-0.4, -0.2) is 22.5 Å². The molecule has 18 heavy (non-hydrogen) atoms. The van der Waals surface area contributed by atoms with Gasteiger partial charge in [-0.05, 0) is 32.4 Å². The predicted molar refractivity (Wildman–Crippen MR) is 66.8 cm³/mol. The van der Waals surface area contributed by atoms with Crippen LogP contribution in [0.1, 0.15) is 35.7 Å². The van der Waals surface area contributed by atoms with Crippen LogP contribution in [0.4, 0.5) is 5.69 Å². The zero-order chi connectivity index (χ0) is 12.9. The van der Waals surface area contributed by atoms with Gasteiger partial charge in [0.25, 0.3) is 5.91 Å². The first kappa shape index (κ1) is 11.1. The van der Waals surface area contributed by atoms with Gasteiger partial charge in [-0.1, -0.05) is 11.6 Å². The van der Waals surface area contributed by atoms with E-state index in [1.807, 2.05) is 32.0 Å². The number of hydrogen-bond donors (Lipinski definition) is 2. The van der Waals surface area contributed by atoms with Crippen molar-refractivity contribution in [3.8, 4) is 0 Å². The third-order valence-electron chi connectivity index (χ3n) is 3.58. The first-order chi connectivity index (χ1) is 8.49. The van der Waals surface area contributed by atoms with Gasteiger partial charge in [-0.2, -0.15) is 0 Å². The number of benzene rings is 1. The monoisotopic (exact) mass is 245 g/mol. The Morgan fingerprint density at radius 3 is 2.89 bits per heavy atom. The summed E-state index contributed by atoms with van der Waals surface area (Å²) in [6, 6.07) is 5.73. The minimum Gasteiger partial charge on any atom is -0.361 e. The second-order valence-electron chi connectivity index (χ2n) is 5.12. The summed E-state index contributed by atoms with van der Waals surface area (Å²) in [6.45, 7) is 3.86. The van der Waals surface area contributed by atoms with Crippen LogP contribution in [0, 0.1) is 6.92 Å². The highest BCUT2D eigenvalue weighted by atomic mass is 16.2. The van der Waals surface area contributed by atoms with Gasteiger partial charge in [0.1, 0.15) is 5.66 Å². The number of carbonyl (C=O) groups is 2. The summed E-state index contributed by atoms with van der Waals surface area (Å²) in [5.74, 6) is -0.262. The molecular weight excluding hydrogens is 230 g/mol. The molecule has 1 aromatic rings. The van der Waals surface area contributed by atoms with Crippen molar-refractivity contribution >= 4 is 17.5 Å². The smallest absolute Gasteiger partial charge is 0.276 e. The third kappa shape index (κ3) is 1.47. The van der Waals surface area contributed by atoms with Gasteiger partial charge in [-0.3, -0.25) is 15.0 Å². The molecule has 0 aromatic heterocycles. The zero-order valence-corrected chi connectivity index (χ0v) is 10.4. The van der Waals surface area contributed by atoms with Gasteiger partial charge < -0.3 is 5.32 Å². The molecule has 0 aliphatic carbocycles. The van der Waals surface area contributed by atoms with Crippen LogP contribution in [0.2, 0.25) is 0 Å². The highest BCUT2D eigenvalue weighted by Gasteiger charge is 2.45. The summed E-state index contributed by atoms with van der Waals surface area (Å²) in [5, 5.41) is 4.76. The summed E-state index contributed by atoms with van der Waals surface area (Å²) in [5.41, 5.74) is 4.58. The number of aryl methyl sites for hydroxylation is 1. The number of carbonyl (C=O) groups excluding carboxylic acids is 2. The molecule has 1 fully saturated rings. The molecule has 2 N–H and O–H groups in total. The molecule has 1 unspecified atom stereocenters. The standard InChI is InChI=1S/C13H15N3O2/c1-8-3-4-10-9(7-8)12(18)16-13(2,14-10)6-5-11(17)15-16/h3-4,7,14H,5-6H2,1-2H3,(H,15,17). The Labute approximate surface area is 105 Å². The summed E-state index contributed by atoms with van der Waals surface area (Å²) in [7, 11) is 0. The van der Waals surface area contributed by atoms with Gasteiger partial charge in [-0.15, -0.1) is 0 Å². The molecule has 94 valence electrons. The molecule has 1 saturated heterocycles. The first-order valence-electron chi connectivity index (χ1n) is 6.02. The van der Waals surface area contributed by atoms with Crippen molar-refractivity contribution in [3.05, 3.63) is 29.3 Å². The number of amides is 2. The van der Waals surface area contributed by atoms with E-state index < -0.39 is 5.66 Å². The molecule has 5 nitrogen and oxygen atoms in total. The normalized spacial score (nSPS) is 26.0. The van der Waals surface area contributed by atoms with E-state index in [-0.39, 0.29) is 11.8 Å². The highest BCUT2D eigenvalue weighted by Crippen LogP contribution is 2.34. The lowest BCUT2D eigenvalue weighted by Crippen LogP contribution is -2.67. The van der Waals surface area contributed by atoms with Crippen LogP contribution >= 0.6 is 0 Å². The number of nitrogens with one attached hydrogen (secondary N) is 2. The molecule has 2 aliphatic heterocycles. The average Bonchev–Trinajstić information content (AvgIpc) is 2.33. The molecule has 2 amide bonds. The summed E-state index contributed by atoms with van der Waals surface area (Å²) in [4.78, 5) is 23.9. The highest BCUT2D eigenvalue weighted by molar-refractivity contribution is 6.03. The average molecular weight is 245 g/mol. The van der Waals surface area contributed by atoms with Gasteiger partial charge in [0, 0.05) is 12.1 Å². The fourth-order valence-corrected chi connectivity index (χ4v) is 2.52. The number of rotatable bonds is 0. The van der Waals surface area contributed by atoms with Crippen molar-refractivity contribution in [1.29, 1.82) is 0 Å². The number of hydrogen-bond acceptors (Lipinski definition) is 3. The summed E-state index contributed by atoms with van der Waals surface area (Å²) >= 11 is 0. The van der Waals surface area contributed by atoms with Crippen molar-refractivity contribution in [3.63, 3.8) is 0 Å². The molecule has 1 aromatic carbocycles. The quantitative estimate of drug-likeness (QED) is 0.726. The largest absolute Gasteiger partial charge is 0.361 e. The van der Waals surface area contributed by atoms with E-state index in [9.17, 15) is 9.59 Å². The Morgan fingerprint density at radius 2 is 2.11 bits per heavy atom. The van der Waals surface area contributed by atoms with Crippen molar-refractivity contribution < 1.29 is 9.59 Å². The molecule has 5 heteroatoms. The topological polar surface area (TPSA) is 61.4 Å². The van der Waals surface area contributed by atoms with Crippen LogP contribution < -0.4 is 10.7 Å². The summed E-state index contributed by atoms with van der Waals surface area (Å²) in [6.07, 6.45) is 1.03. The van der Waals surface area contributed by atoms with Crippen molar-refractivity contribution in [2.24, 2.45) is 0 Å². The van der Waals surface area contributed by atoms with Crippen LogP contribution in [0.15, 0.2) is 18.2 Å². The van der Waals surface area contributed by atoms with Crippen LogP contribution in [-0.2, 0) is 4.79 Å². The Bertz CT molecular complexity index is 555. The maximum atomic E-state index is 12.4. The predicted octanol–water partition coefficient (Wildman–Crippen LogP) is 1.40. The molecule has 2 heterocycles. The number of hydrazine groups is 1. The van der Waals surface area contributed by atoms with Crippen molar-refractivity contribution in [2.45, 2.75) is 32.4 Å². The zero-order valence-electron chi connectivity index (χ0n) is 10.4. The van der Waals surface area contributed by atoms with Gasteiger partial charge >= 0.3 is 0 Å². The van der Waals surface area contributed by atoms with E-state index in [2.05, 4.69) is 10.7 Å². The Balaban J connectivity index is 2.09. The number of anilines is 1. The molecule has 3 rings (SSSR count). The van der Waals surface area contributed by atoms with Gasteiger partial charge in [0.15, 0.2) is 0 Å². The molecule has 0 radical (unpaired) electrons. The first-order valence-corrected chi connectivity index (χ1v) is 6.02. The maximum Gasteiger partial charge on any atom is 0.276 e. The molecule has 0 bridgehead atoms. The fourth-order valence-electron chi connectivity index (χ4n) is 2.52. The van der Waals surface area contributed by atoms with E-state index >= 15 is 0 Å². The number of nitrogens with zero attached hydrogens (tertiary/aromatic N) is 1. The molecular formula is C13H15N3O2. The van der Waals surface area contributed by atoms with Crippen LogP contribution in [0.3, 0.4) is 0 Å². The van der Waals surface area contributed by atoms with Gasteiger partial charge in [-0.25, -0.2) is 5.01 Å². The van der Waals surface area contributed by atoms with Gasteiger partial charge in [0.05, 0.1) is 5.56 Å². The minimum absolute atomic E-state index is 0.112. The van der Waals surface area contributed by atoms with E-state index in [4.69, 9.17) is 0 Å².